The number of ether oxygens (including phenoxy) is 4. The predicted octanol–water partition coefficient (Wildman–Crippen LogP) is 3.95. The van der Waals surface area contributed by atoms with Gasteiger partial charge in [0.25, 0.3) is 0 Å². The number of allylic oxidation sites excluding steroid dienone is 1. The van der Waals surface area contributed by atoms with E-state index in [9.17, 15) is 24.0 Å². The summed E-state index contributed by atoms with van der Waals surface area (Å²) in [5.41, 5.74) is 0.379. The molecule has 0 atom stereocenters. The maximum absolute atomic E-state index is 12.8. The van der Waals surface area contributed by atoms with Crippen LogP contribution in [-0.4, -0.2) is 29.7 Å². The second-order valence-corrected chi connectivity index (χ2v) is 6.56. The smallest absolute Gasteiger partial charge is 0.335 e. The first-order chi connectivity index (χ1) is 17.2. The Balaban J connectivity index is 2.38. The van der Waals surface area contributed by atoms with E-state index in [1.165, 1.54) is 48.6 Å². The number of ketones is 1. The topological polar surface area (TPSA) is 122 Å². The van der Waals surface area contributed by atoms with Crippen LogP contribution < -0.4 is 18.9 Å². The first kappa shape index (κ1) is 26.9. The summed E-state index contributed by atoms with van der Waals surface area (Å²) < 4.78 is 20.3. The summed E-state index contributed by atoms with van der Waals surface area (Å²) in [6.07, 6.45) is 6.24. The maximum atomic E-state index is 12.8. The first-order valence-corrected chi connectivity index (χ1v) is 10.1. The second kappa shape index (κ2) is 12.8. The monoisotopic (exact) mass is 488 g/mol. The van der Waals surface area contributed by atoms with E-state index < -0.39 is 29.7 Å². The second-order valence-electron chi connectivity index (χ2n) is 6.56. The van der Waals surface area contributed by atoms with Crippen LogP contribution in [0.4, 0.5) is 0 Å². The van der Waals surface area contributed by atoms with Crippen molar-refractivity contribution in [3.8, 4) is 23.0 Å². The molecule has 0 unspecified atom stereocenters. The molecule has 0 N–H and O–H groups in total. The van der Waals surface area contributed by atoms with Crippen LogP contribution in [0.5, 0.6) is 23.0 Å². The highest BCUT2D eigenvalue weighted by molar-refractivity contribution is 6.07. The minimum atomic E-state index is -0.836. The molecule has 36 heavy (non-hydrogen) atoms. The zero-order chi connectivity index (χ0) is 26.7. The average Bonchev–Trinajstić information content (AvgIpc) is 2.88. The summed E-state index contributed by atoms with van der Waals surface area (Å²) in [4.78, 5) is 59.2. The highest BCUT2D eigenvalue weighted by Gasteiger charge is 2.15. The number of rotatable bonds is 11. The van der Waals surface area contributed by atoms with Gasteiger partial charge in [-0.05, 0) is 42.5 Å². The lowest BCUT2D eigenvalue weighted by Gasteiger charge is -2.10. The van der Waals surface area contributed by atoms with Crippen molar-refractivity contribution in [3.05, 3.63) is 104 Å². The number of hydrogen-bond acceptors (Lipinski definition) is 9. The molecule has 2 aromatic carbocycles. The summed E-state index contributed by atoms with van der Waals surface area (Å²) >= 11 is 0. The van der Waals surface area contributed by atoms with Crippen LogP contribution in [0.1, 0.15) is 15.9 Å². The normalized spacial score (nSPS) is 10.0. The third-order valence-electron chi connectivity index (χ3n) is 4.14. The van der Waals surface area contributed by atoms with E-state index >= 15 is 0 Å². The predicted molar refractivity (Wildman–Crippen MR) is 130 cm³/mol. The Morgan fingerprint density at radius 2 is 1.11 bits per heavy atom. The lowest BCUT2D eigenvalue weighted by molar-refractivity contribution is -0.131. The van der Waals surface area contributed by atoms with Gasteiger partial charge in [-0.25, -0.2) is 19.2 Å². The highest BCUT2D eigenvalue weighted by atomic mass is 16.6. The van der Waals surface area contributed by atoms with Gasteiger partial charge in [0, 0.05) is 41.5 Å². The Kier molecular flexibility index (Phi) is 9.58. The van der Waals surface area contributed by atoms with Gasteiger partial charge in [0.1, 0.15) is 11.5 Å². The summed E-state index contributed by atoms with van der Waals surface area (Å²) in [5.74, 6) is -3.89. The Labute approximate surface area is 206 Å². The van der Waals surface area contributed by atoms with Gasteiger partial charge in [0.15, 0.2) is 17.3 Å². The fraction of sp³-hybridized carbons (Fsp3) is 0. The van der Waals surface area contributed by atoms with Crippen molar-refractivity contribution in [1.82, 2.24) is 0 Å². The van der Waals surface area contributed by atoms with Crippen molar-refractivity contribution in [2.24, 2.45) is 0 Å². The summed E-state index contributed by atoms with van der Waals surface area (Å²) in [7, 11) is 0. The fourth-order valence-corrected chi connectivity index (χ4v) is 2.50. The van der Waals surface area contributed by atoms with Crippen molar-refractivity contribution in [3.63, 3.8) is 0 Å². The molecule has 0 heterocycles. The number of esters is 4. The van der Waals surface area contributed by atoms with Gasteiger partial charge >= 0.3 is 23.9 Å². The Morgan fingerprint density at radius 3 is 1.69 bits per heavy atom. The zero-order valence-electron chi connectivity index (χ0n) is 18.9. The number of carbonyl (C=O) groups is 5. The molecule has 0 aliphatic heterocycles. The number of carbonyl (C=O) groups excluding carboxylic acids is 5. The first-order valence-electron chi connectivity index (χ1n) is 10.1. The molecule has 2 aromatic rings. The van der Waals surface area contributed by atoms with E-state index in [1.54, 1.807) is 0 Å². The molecular formula is C27H20O9. The number of benzene rings is 2. The third kappa shape index (κ3) is 7.63. The van der Waals surface area contributed by atoms with Crippen molar-refractivity contribution >= 4 is 35.7 Å². The molecular weight excluding hydrogens is 468 g/mol. The fourth-order valence-electron chi connectivity index (χ4n) is 2.50. The van der Waals surface area contributed by atoms with Crippen molar-refractivity contribution in [1.29, 1.82) is 0 Å². The van der Waals surface area contributed by atoms with E-state index in [0.717, 1.165) is 24.3 Å². The molecule has 0 spiro atoms. The van der Waals surface area contributed by atoms with Gasteiger partial charge in [0.05, 0.1) is 0 Å². The molecule has 0 aliphatic rings. The summed E-state index contributed by atoms with van der Waals surface area (Å²) in [6, 6.07) is 7.98. The third-order valence-corrected chi connectivity index (χ3v) is 4.14. The Hall–Kier alpha value is -5.31. The number of hydrogen-bond donors (Lipinski definition) is 0. The van der Waals surface area contributed by atoms with Gasteiger partial charge in [-0.1, -0.05) is 26.3 Å². The van der Waals surface area contributed by atoms with Crippen molar-refractivity contribution < 1.29 is 42.9 Å². The van der Waals surface area contributed by atoms with Crippen LogP contribution in [0.25, 0.3) is 6.08 Å². The van der Waals surface area contributed by atoms with Crippen LogP contribution in [0, 0.1) is 0 Å². The molecule has 2 rings (SSSR count). The minimum Gasteiger partial charge on any atom is -0.423 e. The molecule has 0 saturated heterocycles. The van der Waals surface area contributed by atoms with Crippen LogP contribution in [0.2, 0.25) is 0 Å². The molecule has 9 heteroatoms. The van der Waals surface area contributed by atoms with E-state index in [2.05, 4.69) is 26.3 Å². The van der Waals surface area contributed by atoms with Crippen LogP contribution >= 0.6 is 0 Å². The Bertz CT molecular complexity index is 1300. The molecule has 0 saturated carbocycles. The van der Waals surface area contributed by atoms with E-state index in [-0.39, 0.29) is 28.6 Å². The molecule has 182 valence electrons. The maximum Gasteiger partial charge on any atom is 0.335 e. The molecule has 9 nitrogen and oxygen atoms in total. The Morgan fingerprint density at radius 1 is 0.583 bits per heavy atom. The van der Waals surface area contributed by atoms with Gasteiger partial charge in [-0.3, -0.25) is 4.79 Å². The van der Waals surface area contributed by atoms with E-state index in [1.807, 2.05) is 0 Å². The van der Waals surface area contributed by atoms with E-state index in [4.69, 9.17) is 18.9 Å². The molecule has 0 radical (unpaired) electrons. The van der Waals surface area contributed by atoms with Crippen LogP contribution in [-0.2, 0) is 19.2 Å². The molecule has 0 fully saturated rings. The largest absolute Gasteiger partial charge is 0.423 e. The van der Waals surface area contributed by atoms with Gasteiger partial charge in [-0.2, -0.15) is 0 Å². The van der Waals surface area contributed by atoms with E-state index in [0.29, 0.717) is 5.56 Å². The average molecular weight is 488 g/mol. The highest BCUT2D eigenvalue weighted by Crippen LogP contribution is 2.30. The SMILES string of the molecule is C=CC(=O)Oc1ccc(C=CC(=O)c2ccc(OC(=O)C=C)c(OC(=O)C=C)c2)c(OC(=O)C=C)c1. The zero-order valence-corrected chi connectivity index (χ0v) is 18.9. The molecule has 0 aliphatic carbocycles. The summed E-state index contributed by atoms with van der Waals surface area (Å²) in [5, 5.41) is 0. The van der Waals surface area contributed by atoms with Crippen LogP contribution in [0.3, 0.4) is 0 Å². The van der Waals surface area contributed by atoms with Crippen LogP contribution in [0.15, 0.2) is 93.1 Å². The van der Waals surface area contributed by atoms with Gasteiger partial charge in [-0.15, -0.1) is 0 Å². The molecule has 0 amide bonds. The standard InChI is InChI=1S/C27H20O9/c1-5-24(29)33-19-12-9-17(22(16-19)35-26(31)7-3)10-13-20(28)18-11-14-21(34-25(30)6-2)23(15-18)36-27(32)8-4/h5-16H,1-4H2. The van der Waals surface area contributed by atoms with Crippen molar-refractivity contribution in [2.75, 3.05) is 0 Å². The lowest BCUT2D eigenvalue weighted by Crippen LogP contribution is -2.09. The van der Waals surface area contributed by atoms with Crippen molar-refractivity contribution in [2.45, 2.75) is 0 Å². The molecule has 0 bridgehead atoms. The lowest BCUT2D eigenvalue weighted by atomic mass is 10.1. The quantitative estimate of drug-likeness (QED) is 0.200. The summed E-state index contributed by atoms with van der Waals surface area (Å²) in [6.45, 7) is 13.2. The van der Waals surface area contributed by atoms with Gasteiger partial charge in [0.2, 0.25) is 0 Å². The minimum absolute atomic E-state index is 0.00870. The van der Waals surface area contributed by atoms with Gasteiger partial charge < -0.3 is 18.9 Å². The molecule has 0 aromatic heterocycles.